The van der Waals surface area contributed by atoms with E-state index in [9.17, 15) is 22.8 Å². The largest absolute Gasteiger partial charge is 0.366 e. The van der Waals surface area contributed by atoms with Gasteiger partial charge < -0.3 is 10.3 Å². The Kier molecular flexibility index (Phi) is 6.22. The summed E-state index contributed by atoms with van der Waals surface area (Å²) < 4.78 is 43.5. The molecule has 2 N–H and O–H groups in total. The second-order valence-corrected chi connectivity index (χ2v) is 9.30. The Bertz CT molecular complexity index is 1270. The van der Waals surface area contributed by atoms with Crippen molar-refractivity contribution >= 4 is 22.8 Å². The van der Waals surface area contributed by atoms with Crippen molar-refractivity contribution in [2.24, 2.45) is 17.6 Å². The van der Waals surface area contributed by atoms with Crippen molar-refractivity contribution in [3.8, 4) is 0 Å². The first-order chi connectivity index (χ1) is 16.8. The molecule has 2 heterocycles. The van der Waals surface area contributed by atoms with E-state index in [0.29, 0.717) is 49.0 Å². The van der Waals surface area contributed by atoms with Crippen LogP contribution in [0.3, 0.4) is 0 Å². The van der Waals surface area contributed by atoms with Gasteiger partial charge in [-0.1, -0.05) is 0 Å². The van der Waals surface area contributed by atoms with Gasteiger partial charge in [-0.2, -0.15) is 0 Å². The number of primary amides is 1. The number of benzene rings is 2. The lowest BCUT2D eigenvalue weighted by Crippen LogP contribution is -2.37. The van der Waals surface area contributed by atoms with Crippen LogP contribution in [0.4, 0.5) is 13.2 Å². The van der Waals surface area contributed by atoms with Crippen LogP contribution >= 0.6 is 0 Å². The molecule has 1 saturated heterocycles. The molecule has 184 valence electrons. The Morgan fingerprint density at radius 3 is 2.40 bits per heavy atom. The number of rotatable bonds is 5. The third kappa shape index (κ3) is 4.62. The van der Waals surface area contributed by atoms with Gasteiger partial charge in [-0.3, -0.25) is 14.4 Å². The quantitative estimate of drug-likeness (QED) is 0.583. The summed E-state index contributed by atoms with van der Waals surface area (Å²) in [6.07, 6.45) is 4.97. The number of nitrogens with zero attached hydrogens (tertiary/aromatic N) is 3. The number of hydrogen-bond donors (Lipinski definition) is 1. The van der Waals surface area contributed by atoms with Gasteiger partial charge >= 0.3 is 0 Å². The molecule has 7 nitrogen and oxygen atoms in total. The van der Waals surface area contributed by atoms with Crippen LogP contribution in [-0.2, 0) is 16.2 Å². The topological polar surface area (TPSA) is 90.5 Å². The van der Waals surface area contributed by atoms with E-state index >= 15 is 0 Å². The molecule has 1 atom stereocenters. The number of carbonyl (C=O) groups excluding carboxylic acids is 2. The van der Waals surface area contributed by atoms with Crippen LogP contribution in [0, 0.1) is 29.3 Å². The average Bonchev–Trinajstić information content (AvgIpc) is 3.45. The van der Waals surface area contributed by atoms with Crippen LogP contribution in [0.15, 0.2) is 36.7 Å². The van der Waals surface area contributed by atoms with Crippen molar-refractivity contribution in [1.82, 2.24) is 14.6 Å². The molecule has 10 heteroatoms. The molecule has 5 rings (SSSR count). The Labute approximate surface area is 199 Å². The van der Waals surface area contributed by atoms with Gasteiger partial charge in [-0.25, -0.2) is 23.2 Å². The molecule has 1 saturated carbocycles. The first kappa shape index (κ1) is 23.3. The van der Waals surface area contributed by atoms with Gasteiger partial charge in [-0.05, 0) is 55.4 Å². The number of hydroxylamine groups is 2. The van der Waals surface area contributed by atoms with E-state index < -0.39 is 29.4 Å². The predicted octanol–water partition coefficient (Wildman–Crippen LogP) is 4.26. The van der Waals surface area contributed by atoms with E-state index in [0.717, 1.165) is 18.9 Å². The standard InChI is InChI=1S/C25H25F3N4O3/c26-17-7-16(8-18(27)9-17)22-5-6-35-32(22)25(34)15-3-1-14(2-4-15)12-31-13-30-21-10-19(24(29)33)20(28)11-23(21)31/h7-11,13-15,22H,1-6,12H2,(H2,29,33)/t14-,15-,22-/m0/s1. The lowest BCUT2D eigenvalue weighted by atomic mass is 9.81. The minimum absolute atomic E-state index is 0.162. The summed E-state index contributed by atoms with van der Waals surface area (Å²) in [5.41, 5.74) is 6.49. The van der Waals surface area contributed by atoms with Gasteiger partial charge in [0.15, 0.2) is 0 Å². The van der Waals surface area contributed by atoms with E-state index in [-0.39, 0.29) is 23.3 Å². The van der Waals surface area contributed by atoms with Crippen molar-refractivity contribution in [2.75, 3.05) is 6.61 Å². The fraction of sp³-hybridized carbons (Fsp3) is 0.400. The maximum Gasteiger partial charge on any atom is 0.251 e. The van der Waals surface area contributed by atoms with Crippen LogP contribution < -0.4 is 5.73 Å². The minimum Gasteiger partial charge on any atom is -0.366 e. The van der Waals surface area contributed by atoms with E-state index in [1.54, 1.807) is 6.33 Å². The predicted molar refractivity (Wildman–Crippen MR) is 120 cm³/mol. The summed E-state index contributed by atoms with van der Waals surface area (Å²) in [7, 11) is 0. The minimum atomic E-state index is -0.839. The second-order valence-electron chi connectivity index (χ2n) is 9.30. The maximum absolute atomic E-state index is 14.3. The first-order valence-electron chi connectivity index (χ1n) is 11.7. The third-order valence-corrected chi connectivity index (χ3v) is 7.02. The number of nitrogens with two attached hydrogens (primary N) is 1. The summed E-state index contributed by atoms with van der Waals surface area (Å²) in [5, 5.41) is 1.29. The van der Waals surface area contributed by atoms with Crippen LogP contribution in [0.5, 0.6) is 0 Å². The number of hydrogen-bond acceptors (Lipinski definition) is 4. The smallest absolute Gasteiger partial charge is 0.251 e. The highest BCUT2D eigenvalue weighted by atomic mass is 19.1. The molecule has 0 radical (unpaired) electrons. The van der Waals surface area contributed by atoms with Crippen molar-refractivity contribution in [3.05, 3.63) is 65.2 Å². The van der Waals surface area contributed by atoms with Crippen LogP contribution in [0.1, 0.15) is 54.1 Å². The summed E-state index contributed by atoms with van der Waals surface area (Å²) >= 11 is 0. The number of amides is 2. The van der Waals surface area contributed by atoms with Gasteiger partial charge in [0.25, 0.3) is 5.91 Å². The number of aromatic nitrogens is 2. The monoisotopic (exact) mass is 486 g/mol. The van der Waals surface area contributed by atoms with E-state index in [1.165, 1.54) is 29.3 Å². The fourth-order valence-electron chi connectivity index (χ4n) is 5.22. The number of imidazole rings is 1. The summed E-state index contributed by atoms with van der Waals surface area (Å²) in [4.78, 5) is 34.4. The number of fused-ring (bicyclic) bond motifs is 1. The Morgan fingerprint density at radius 2 is 1.71 bits per heavy atom. The maximum atomic E-state index is 14.3. The normalized spacial score (nSPS) is 22.6. The highest BCUT2D eigenvalue weighted by molar-refractivity contribution is 5.96. The lowest BCUT2D eigenvalue weighted by Gasteiger charge is -2.32. The molecule has 1 aromatic heterocycles. The summed E-state index contributed by atoms with van der Waals surface area (Å²) in [6, 6.07) is 5.41. The zero-order valence-electron chi connectivity index (χ0n) is 18.9. The van der Waals surface area contributed by atoms with Crippen molar-refractivity contribution < 1.29 is 27.6 Å². The highest BCUT2D eigenvalue weighted by Gasteiger charge is 2.37. The molecule has 0 unspecified atom stereocenters. The summed E-state index contributed by atoms with van der Waals surface area (Å²) in [6.45, 7) is 0.920. The average molecular weight is 486 g/mol. The molecule has 3 aromatic rings. The van der Waals surface area contributed by atoms with Crippen molar-refractivity contribution in [3.63, 3.8) is 0 Å². The SMILES string of the molecule is NC(=O)c1cc2ncn(C[C@H]3CC[C@H](C(=O)N4OCC[C@H]4c4cc(F)cc(F)c4)CC3)c2cc1F. The van der Waals surface area contributed by atoms with E-state index in [2.05, 4.69) is 4.98 Å². The molecule has 2 aromatic carbocycles. The van der Waals surface area contributed by atoms with E-state index in [1.807, 2.05) is 4.57 Å². The second kappa shape index (κ2) is 9.33. The molecule has 2 amide bonds. The first-order valence-corrected chi connectivity index (χ1v) is 11.7. The molecular weight excluding hydrogens is 461 g/mol. The number of carbonyl (C=O) groups is 2. The van der Waals surface area contributed by atoms with Crippen LogP contribution in [0.25, 0.3) is 11.0 Å². The molecule has 2 aliphatic rings. The Morgan fingerprint density at radius 1 is 1.00 bits per heavy atom. The van der Waals surface area contributed by atoms with E-state index in [4.69, 9.17) is 10.6 Å². The Balaban J connectivity index is 1.23. The Hall–Kier alpha value is -3.40. The molecule has 1 aliphatic heterocycles. The van der Waals surface area contributed by atoms with Crippen LogP contribution in [-0.4, -0.2) is 33.0 Å². The van der Waals surface area contributed by atoms with Crippen molar-refractivity contribution in [1.29, 1.82) is 0 Å². The van der Waals surface area contributed by atoms with Crippen LogP contribution in [0.2, 0.25) is 0 Å². The highest BCUT2D eigenvalue weighted by Crippen LogP contribution is 2.37. The van der Waals surface area contributed by atoms with Gasteiger partial charge in [0.1, 0.15) is 17.5 Å². The lowest BCUT2D eigenvalue weighted by molar-refractivity contribution is -0.183. The molecule has 0 bridgehead atoms. The van der Waals surface area contributed by atoms with Gasteiger partial charge in [-0.15, -0.1) is 0 Å². The fourth-order valence-corrected chi connectivity index (χ4v) is 5.22. The van der Waals surface area contributed by atoms with Gasteiger partial charge in [0.2, 0.25) is 5.91 Å². The molecular formula is C25H25F3N4O3. The van der Waals surface area contributed by atoms with Crippen molar-refractivity contribution in [2.45, 2.75) is 44.7 Å². The molecule has 0 spiro atoms. The third-order valence-electron chi connectivity index (χ3n) is 7.02. The zero-order chi connectivity index (χ0) is 24.7. The molecule has 35 heavy (non-hydrogen) atoms. The van der Waals surface area contributed by atoms with Gasteiger partial charge in [0.05, 0.1) is 35.6 Å². The molecule has 1 aliphatic carbocycles. The van der Waals surface area contributed by atoms with Gasteiger partial charge in [0, 0.05) is 31.0 Å². The summed E-state index contributed by atoms with van der Waals surface area (Å²) in [5.74, 6) is -3.02. The number of halogens is 3. The molecule has 2 fully saturated rings. The zero-order valence-corrected chi connectivity index (χ0v) is 18.9.